The minimum absolute atomic E-state index is 0.297. The fraction of sp³-hybridized carbons (Fsp3) is 0.333. The van der Waals surface area contributed by atoms with Gasteiger partial charge in [0.25, 0.3) is 0 Å². The highest BCUT2D eigenvalue weighted by molar-refractivity contribution is 9.13. The molecule has 0 saturated heterocycles. The third-order valence-electron chi connectivity index (χ3n) is 3.14. The second kappa shape index (κ2) is 7.59. The number of benzene rings is 1. The minimum Gasteiger partial charge on any atom is -0.496 e. The maximum atomic E-state index is 5.45. The summed E-state index contributed by atoms with van der Waals surface area (Å²) in [4.78, 5) is 1.30. The largest absolute Gasteiger partial charge is 0.496 e. The first-order chi connectivity index (χ1) is 9.65. The Labute approximate surface area is 140 Å². The topological polar surface area (TPSA) is 21.3 Å². The number of hydrogen-bond donors (Lipinski definition) is 1. The van der Waals surface area contributed by atoms with Gasteiger partial charge in [0.05, 0.1) is 10.9 Å². The summed E-state index contributed by atoms with van der Waals surface area (Å²) in [6.07, 6.45) is 1.02. The molecule has 1 atom stereocenters. The maximum absolute atomic E-state index is 5.45. The van der Waals surface area contributed by atoms with Gasteiger partial charge in [-0.05, 0) is 50.4 Å². The van der Waals surface area contributed by atoms with Gasteiger partial charge in [0, 0.05) is 27.5 Å². The lowest BCUT2D eigenvalue weighted by Crippen LogP contribution is -2.20. The van der Waals surface area contributed by atoms with E-state index in [1.807, 2.05) is 12.1 Å². The Morgan fingerprint density at radius 3 is 2.65 bits per heavy atom. The molecule has 0 radical (unpaired) electrons. The van der Waals surface area contributed by atoms with Gasteiger partial charge in [-0.25, -0.2) is 0 Å². The van der Waals surface area contributed by atoms with E-state index in [-0.39, 0.29) is 0 Å². The van der Waals surface area contributed by atoms with Gasteiger partial charge in [-0.15, -0.1) is 11.3 Å². The minimum atomic E-state index is 0.297. The van der Waals surface area contributed by atoms with Gasteiger partial charge in [0.1, 0.15) is 5.75 Å². The van der Waals surface area contributed by atoms with Crippen molar-refractivity contribution in [1.29, 1.82) is 0 Å². The maximum Gasteiger partial charge on any atom is 0.123 e. The summed E-state index contributed by atoms with van der Waals surface area (Å²) in [5, 5.41) is 3.61. The first-order valence-corrected chi connectivity index (χ1v) is 8.86. The Morgan fingerprint density at radius 2 is 2.05 bits per heavy atom. The van der Waals surface area contributed by atoms with Crippen LogP contribution in [0.15, 0.2) is 38.6 Å². The summed E-state index contributed by atoms with van der Waals surface area (Å²) in [7, 11) is 1.72. The zero-order valence-electron chi connectivity index (χ0n) is 11.5. The van der Waals surface area contributed by atoms with Crippen molar-refractivity contribution in [2.24, 2.45) is 0 Å². The fourth-order valence-electron chi connectivity index (χ4n) is 2.13. The van der Waals surface area contributed by atoms with Crippen molar-refractivity contribution in [2.75, 3.05) is 7.11 Å². The van der Waals surface area contributed by atoms with E-state index in [2.05, 4.69) is 62.3 Å². The van der Waals surface area contributed by atoms with Crippen LogP contribution in [0.25, 0.3) is 0 Å². The van der Waals surface area contributed by atoms with Gasteiger partial charge in [-0.2, -0.15) is 0 Å². The molecule has 1 aromatic carbocycles. The lowest BCUT2D eigenvalue weighted by atomic mass is 10.0. The van der Waals surface area contributed by atoms with E-state index < -0.39 is 0 Å². The summed E-state index contributed by atoms with van der Waals surface area (Å²) < 4.78 is 7.70. The van der Waals surface area contributed by atoms with Gasteiger partial charge in [0.2, 0.25) is 0 Å². The molecule has 1 aromatic heterocycles. The van der Waals surface area contributed by atoms with Crippen molar-refractivity contribution >= 4 is 43.2 Å². The molecule has 20 heavy (non-hydrogen) atoms. The van der Waals surface area contributed by atoms with Crippen LogP contribution in [0.5, 0.6) is 5.75 Å². The quantitative estimate of drug-likeness (QED) is 0.666. The zero-order chi connectivity index (χ0) is 14.5. The predicted octanol–water partition coefficient (Wildman–Crippen LogP) is 5.52. The van der Waals surface area contributed by atoms with Crippen molar-refractivity contribution in [3.63, 3.8) is 0 Å². The van der Waals surface area contributed by atoms with E-state index in [1.54, 1.807) is 18.4 Å². The van der Waals surface area contributed by atoms with Crippen molar-refractivity contribution in [1.82, 2.24) is 5.32 Å². The van der Waals surface area contributed by atoms with Gasteiger partial charge >= 0.3 is 0 Å². The molecule has 0 bridgehead atoms. The summed E-state index contributed by atoms with van der Waals surface area (Å²) in [5.74, 6) is 0.945. The number of hydrogen-bond acceptors (Lipinski definition) is 3. The van der Waals surface area contributed by atoms with Crippen LogP contribution in [0, 0.1) is 0 Å². The van der Waals surface area contributed by atoms with Crippen LogP contribution in [0.3, 0.4) is 0 Å². The number of ether oxygens (including phenoxy) is 1. The third kappa shape index (κ3) is 3.85. The van der Waals surface area contributed by atoms with Crippen LogP contribution in [-0.4, -0.2) is 7.11 Å². The Balaban J connectivity index is 2.09. The molecule has 2 rings (SSSR count). The Morgan fingerprint density at radius 1 is 1.30 bits per heavy atom. The molecule has 0 amide bonds. The Kier molecular flexibility index (Phi) is 6.08. The lowest BCUT2D eigenvalue weighted by Gasteiger charge is -2.19. The number of nitrogens with one attached hydrogen (secondary N) is 1. The Bertz CT molecular complexity index is 551. The SMILES string of the molecule is CCC(NCc1cc(Br)c(Br)s1)c1ccccc1OC. The second-order valence-electron chi connectivity index (χ2n) is 4.42. The standard InChI is InChI=1S/C15H17Br2NOS/c1-3-13(11-6-4-5-7-14(11)19-2)18-9-10-8-12(16)15(17)20-10/h4-8,13,18H,3,9H2,1-2H3. The molecule has 1 unspecified atom stereocenters. The number of para-hydroxylation sites is 1. The highest BCUT2D eigenvalue weighted by atomic mass is 79.9. The van der Waals surface area contributed by atoms with Crippen LogP contribution in [0.4, 0.5) is 0 Å². The molecule has 2 aromatic rings. The van der Waals surface area contributed by atoms with E-state index in [1.165, 1.54) is 10.4 Å². The van der Waals surface area contributed by atoms with E-state index in [4.69, 9.17) is 4.74 Å². The van der Waals surface area contributed by atoms with Crippen molar-refractivity contribution in [3.8, 4) is 5.75 Å². The van der Waals surface area contributed by atoms with Crippen molar-refractivity contribution in [2.45, 2.75) is 25.9 Å². The van der Waals surface area contributed by atoms with Crippen LogP contribution < -0.4 is 10.1 Å². The van der Waals surface area contributed by atoms with Gasteiger partial charge < -0.3 is 10.1 Å². The molecule has 1 N–H and O–H groups in total. The van der Waals surface area contributed by atoms with Gasteiger partial charge in [0.15, 0.2) is 0 Å². The molecule has 0 aliphatic rings. The molecule has 0 saturated carbocycles. The van der Waals surface area contributed by atoms with Crippen molar-refractivity contribution < 1.29 is 4.74 Å². The average Bonchev–Trinajstić information content (AvgIpc) is 2.79. The van der Waals surface area contributed by atoms with E-state index in [0.717, 1.165) is 27.0 Å². The first kappa shape index (κ1) is 16.0. The third-order valence-corrected chi connectivity index (χ3v) is 6.40. The fourth-order valence-corrected chi connectivity index (χ4v) is 4.26. The highest BCUT2D eigenvalue weighted by Crippen LogP contribution is 2.33. The molecule has 0 spiro atoms. The molecule has 5 heteroatoms. The molecule has 0 fully saturated rings. The molecular formula is C15H17Br2NOS. The number of rotatable bonds is 6. The summed E-state index contributed by atoms with van der Waals surface area (Å²) in [6.45, 7) is 3.04. The first-order valence-electron chi connectivity index (χ1n) is 6.45. The van der Waals surface area contributed by atoms with E-state index in [9.17, 15) is 0 Å². The van der Waals surface area contributed by atoms with E-state index in [0.29, 0.717) is 6.04 Å². The molecule has 2 nitrogen and oxygen atoms in total. The molecule has 1 heterocycles. The van der Waals surface area contributed by atoms with Crippen LogP contribution in [0.2, 0.25) is 0 Å². The predicted molar refractivity (Wildman–Crippen MR) is 92.6 cm³/mol. The zero-order valence-corrected chi connectivity index (χ0v) is 15.4. The van der Waals surface area contributed by atoms with Gasteiger partial charge in [-0.1, -0.05) is 25.1 Å². The Hall–Kier alpha value is -0.360. The normalized spacial score (nSPS) is 12.4. The van der Waals surface area contributed by atoms with Crippen LogP contribution in [-0.2, 0) is 6.54 Å². The summed E-state index contributed by atoms with van der Waals surface area (Å²) in [6, 6.07) is 10.6. The van der Waals surface area contributed by atoms with Crippen molar-refractivity contribution in [3.05, 3.63) is 49.0 Å². The monoisotopic (exact) mass is 417 g/mol. The van der Waals surface area contributed by atoms with E-state index >= 15 is 0 Å². The lowest BCUT2D eigenvalue weighted by molar-refractivity contribution is 0.397. The summed E-state index contributed by atoms with van der Waals surface area (Å²) in [5.41, 5.74) is 1.21. The van der Waals surface area contributed by atoms with Crippen LogP contribution >= 0.6 is 43.2 Å². The highest BCUT2D eigenvalue weighted by Gasteiger charge is 2.14. The molecule has 0 aliphatic heterocycles. The second-order valence-corrected chi connectivity index (χ2v) is 7.73. The van der Waals surface area contributed by atoms with Gasteiger partial charge in [-0.3, -0.25) is 0 Å². The van der Waals surface area contributed by atoms with Crippen LogP contribution in [0.1, 0.15) is 29.8 Å². The smallest absolute Gasteiger partial charge is 0.123 e. The summed E-state index contributed by atoms with van der Waals surface area (Å²) >= 11 is 8.80. The number of methoxy groups -OCH3 is 1. The molecule has 0 aliphatic carbocycles. The molecular weight excluding hydrogens is 402 g/mol. The number of halogens is 2. The number of thiophene rings is 1. The average molecular weight is 419 g/mol. The molecule has 108 valence electrons.